The minimum absolute atomic E-state index is 0.0385. The van der Waals surface area contributed by atoms with Crippen LogP contribution in [0.3, 0.4) is 0 Å². The molecule has 8 nitrogen and oxygen atoms in total. The van der Waals surface area contributed by atoms with Gasteiger partial charge in [0.05, 0.1) is 22.6 Å². The van der Waals surface area contributed by atoms with Crippen LogP contribution in [0.2, 0.25) is 0 Å². The molecule has 0 radical (unpaired) electrons. The quantitative estimate of drug-likeness (QED) is 0.748. The number of methoxy groups -OCH3 is 1. The molecule has 0 bridgehead atoms. The lowest BCUT2D eigenvalue weighted by Gasteiger charge is -2.24. The van der Waals surface area contributed by atoms with Gasteiger partial charge >= 0.3 is 0 Å². The number of hydrogen-bond donors (Lipinski definition) is 1. The predicted molar refractivity (Wildman–Crippen MR) is 111 cm³/mol. The van der Waals surface area contributed by atoms with E-state index in [1.807, 2.05) is 5.38 Å². The highest BCUT2D eigenvalue weighted by Gasteiger charge is 2.35. The van der Waals surface area contributed by atoms with Gasteiger partial charge in [0.25, 0.3) is 5.91 Å². The van der Waals surface area contributed by atoms with E-state index in [-0.39, 0.29) is 22.4 Å². The number of nitrogens with one attached hydrogen (secondary N) is 1. The highest BCUT2D eigenvalue weighted by molar-refractivity contribution is 7.89. The van der Waals surface area contributed by atoms with Crippen molar-refractivity contribution in [1.82, 2.24) is 9.21 Å². The summed E-state index contributed by atoms with van der Waals surface area (Å²) in [5.41, 5.74) is 0.246. The second-order valence-corrected chi connectivity index (χ2v) is 9.87. The Morgan fingerprint density at radius 2 is 2.03 bits per heavy atom. The minimum Gasteiger partial charge on any atom is -0.495 e. The Balaban J connectivity index is 1.85. The summed E-state index contributed by atoms with van der Waals surface area (Å²) in [5.74, 6) is -0.205. The molecule has 2 amide bonds. The summed E-state index contributed by atoms with van der Waals surface area (Å²) in [6, 6.07) is 7.19. The van der Waals surface area contributed by atoms with Gasteiger partial charge in [0.2, 0.25) is 15.9 Å². The number of hydrogen-bond acceptors (Lipinski definition) is 6. The number of sulfonamides is 1. The topological polar surface area (TPSA) is 96.0 Å². The number of rotatable bonds is 6. The molecule has 0 aliphatic carbocycles. The standard InChI is InChI=1S/C19H23N3O5S2/c1-21(2)29(25,26)13-8-9-16(27-3)14(12-13)20-18(23)15-6-4-10-22(15)19(24)17-7-5-11-28-17/h5,7-9,11-12,15H,4,6,10H2,1-3H3,(H,20,23)/t15-/m0/s1. The lowest BCUT2D eigenvalue weighted by atomic mass is 10.2. The number of likely N-dealkylation sites (tertiary alicyclic amines) is 1. The fourth-order valence-corrected chi connectivity index (χ4v) is 4.80. The molecule has 1 aliphatic heterocycles. The summed E-state index contributed by atoms with van der Waals surface area (Å²) in [6.07, 6.45) is 1.27. The zero-order valence-corrected chi connectivity index (χ0v) is 18.0. The fraction of sp³-hybridized carbons (Fsp3) is 0.368. The zero-order valence-electron chi connectivity index (χ0n) is 16.4. The first-order valence-electron chi connectivity index (χ1n) is 9.01. The molecule has 1 saturated heterocycles. The van der Waals surface area contributed by atoms with E-state index >= 15 is 0 Å². The molecule has 0 saturated carbocycles. The third-order valence-electron chi connectivity index (χ3n) is 4.76. The molecule has 1 aromatic heterocycles. The Bertz CT molecular complexity index is 1000. The SMILES string of the molecule is COc1ccc(S(=O)(=O)N(C)C)cc1NC(=O)[C@@H]1CCCN1C(=O)c1cccs1. The van der Waals surface area contributed by atoms with Gasteiger partial charge in [-0.2, -0.15) is 0 Å². The molecule has 29 heavy (non-hydrogen) atoms. The normalized spacial score (nSPS) is 16.8. The highest BCUT2D eigenvalue weighted by Crippen LogP contribution is 2.30. The van der Waals surface area contributed by atoms with Crippen LogP contribution in [0.1, 0.15) is 22.5 Å². The van der Waals surface area contributed by atoms with Gasteiger partial charge in [0.15, 0.2) is 0 Å². The molecule has 2 aromatic rings. The fourth-order valence-electron chi connectivity index (χ4n) is 3.20. The van der Waals surface area contributed by atoms with Gasteiger partial charge in [-0.3, -0.25) is 9.59 Å². The molecule has 1 N–H and O–H groups in total. The zero-order chi connectivity index (χ0) is 21.2. The van der Waals surface area contributed by atoms with E-state index in [1.54, 1.807) is 17.0 Å². The molecule has 1 aromatic carbocycles. The number of ether oxygens (including phenoxy) is 1. The van der Waals surface area contributed by atoms with Crippen molar-refractivity contribution in [3.8, 4) is 5.75 Å². The third kappa shape index (κ3) is 4.29. The lowest BCUT2D eigenvalue weighted by Crippen LogP contribution is -2.43. The number of carbonyl (C=O) groups is 2. The number of benzene rings is 1. The van der Waals surface area contributed by atoms with Crippen LogP contribution in [0.15, 0.2) is 40.6 Å². The average Bonchev–Trinajstić information content (AvgIpc) is 3.39. The van der Waals surface area contributed by atoms with Crippen molar-refractivity contribution >= 4 is 38.9 Å². The van der Waals surface area contributed by atoms with Crippen molar-refractivity contribution < 1.29 is 22.7 Å². The monoisotopic (exact) mass is 437 g/mol. The molecule has 1 atom stereocenters. The average molecular weight is 438 g/mol. The lowest BCUT2D eigenvalue weighted by molar-refractivity contribution is -0.119. The largest absolute Gasteiger partial charge is 0.495 e. The molecule has 1 aliphatic rings. The maximum Gasteiger partial charge on any atom is 0.264 e. The summed E-state index contributed by atoms with van der Waals surface area (Å²) in [7, 11) is 0.638. The molecule has 156 valence electrons. The summed E-state index contributed by atoms with van der Waals surface area (Å²) < 4.78 is 31.2. The van der Waals surface area contributed by atoms with Crippen LogP contribution >= 0.6 is 11.3 Å². The van der Waals surface area contributed by atoms with Crippen LogP contribution in [-0.4, -0.2) is 63.2 Å². The van der Waals surface area contributed by atoms with Crippen molar-refractivity contribution in [2.75, 3.05) is 33.1 Å². The summed E-state index contributed by atoms with van der Waals surface area (Å²) in [4.78, 5) is 27.8. The van der Waals surface area contributed by atoms with E-state index in [4.69, 9.17) is 4.74 Å². The van der Waals surface area contributed by atoms with Crippen molar-refractivity contribution in [2.45, 2.75) is 23.8 Å². The number of thiophene rings is 1. The first-order chi connectivity index (χ1) is 13.8. The van der Waals surface area contributed by atoms with Gasteiger partial charge in [-0.05, 0) is 42.5 Å². The van der Waals surface area contributed by atoms with Crippen LogP contribution in [0.4, 0.5) is 5.69 Å². The number of nitrogens with zero attached hydrogens (tertiary/aromatic N) is 2. The second kappa shape index (κ2) is 8.52. The molecule has 0 unspecified atom stereocenters. The minimum atomic E-state index is -3.67. The van der Waals surface area contributed by atoms with E-state index in [1.165, 1.54) is 50.7 Å². The van der Waals surface area contributed by atoms with Gasteiger partial charge in [0, 0.05) is 20.6 Å². The van der Waals surface area contributed by atoms with Crippen LogP contribution < -0.4 is 10.1 Å². The van der Waals surface area contributed by atoms with E-state index in [2.05, 4.69) is 5.32 Å². The molecular weight excluding hydrogens is 414 g/mol. The molecule has 2 heterocycles. The summed E-state index contributed by atoms with van der Waals surface area (Å²) >= 11 is 1.33. The Hall–Kier alpha value is -2.43. The third-order valence-corrected chi connectivity index (χ3v) is 7.42. The predicted octanol–water partition coefficient (Wildman–Crippen LogP) is 2.25. The molecule has 3 rings (SSSR count). The van der Waals surface area contributed by atoms with Crippen LogP contribution in [0.5, 0.6) is 5.75 Å². The van der Waals surface area contributed by atoms with Gasteiger partial charge in [0.1, 0.15) is 11.8 Å². The number of carbonyl (C=O) groups excluding carboxylic acids is 2. The first-order valence-corrected chi connectivity index (χ1v) is 11.3. The van der Waals surface area contributed by atoms with Gasteiger partial charge < -0.3 is 15.0 Å². The van der Waals surface area contributed by atoms with Crippen LogP contribution in [-0.2, 0) is 14.8 Å². The van der Waals surface area contributed by atoms with Crippen molar-refractivity contribution in [3.63, 3.8) is 0 Å². The van der Waals surface area contributed by atoms with E-state index in [0.717, 1.165) is 10.7 Å². The van der Waals surface area contributed by atoms with Crippen molar-refractivity contribution in [3.05, 3.63) is 40.6 Å². The van der Waals surface area contributed by atoms with Crippen LogP contribution in [0, 0.1) is 0 Å². The van der Waals surface area contributed by atoms with E-state index < -0.39 is 16.1 Å². The van der Waals surface area contributed by atoms with Crippen molar-refractivity contribution in [1.29, 1.82) is 0 Å². The van der Waals surface area contributed by atoms with Crippen molar-refractivity contribution in [2.24, 2.45) is 0 Å². The molecule has 0 spiro atoms. The highest BCUT2D eigenvalue weighted by atomic mass is 32.2. The number of amides is 2. The Morgan fingerprint density at radius 1 is 1.28 bits per heavy atom. The van der Waals surface area contributed by atoms with Gasteiger partial charge in [-0.1, -0.05) is 6.07 Å². The Kier molecular flexibility index (Phi) is 6.25. The van der Waals surface area contributed by atoms with Crippen LogP contribution in [0.25, 0.3) is 0 Å². The van der Waals surface area contributed by atoms with Gasteiger partial charge in [-0.15, -0.1) is 11.3 Å². The Labute approximate surface area is 174 Å². The second-order valence-electron chi connectivity index (χ2n) is 6.77. The molecular formula is C19H23N3O5S2. The van der Waals surface area contributed by atoms with Gasteiger partial charge in [-0.25, -0.2) is 12.7 Å². The summed E-state index contributed by atoms with van der Waals surface area (Å²) in [6.45, 7) is 0.501. The molecule has 1 fully saturated rings. The molecule has 10 heteroatoms. The smallest absolute Gasteiger partial charge is 0.264 e. The maximum atomic E-state index is 12.9. The van der Waals surface area contributed by atoms with E-state index in [0.29, 0.717) is 23.6 Å². The summed E-state index contributed by atoms with van der Waals surface area (Å²) in [5, 5.41) is 4.57. The first kappa shape index (κ1) is 21.3. The van der Waals surface area contributed by atoms with E-state index in [9.17, 15) is 18.0 Å². The maximum absolute atomic E-state index is 12.9. The Morgan fingerprint density at radius 3 is 2.66 bits per heavy atom. The number of anilines is 1.